The van der Waals surface area contributed by atoms with Gasteiger partial charge in [0, 0.05) is 0 Å². The average Bonchev–Trinajstić information content (AvgIpc) is 2.41. The van der Waals surface area contributed by atoms with E-state index in [1.807, 2.05) is 0 Å². The van der Waals surface area contributed by atoms with Crippen LogP contribution >= 0.6 is 15.2 Å². The molecule has 0 bridgehead atoms. The average molecular weight is 387 g/mol. The molecule has 0 saturated carbocycles. The standard InChI is InChI=1S/C15H35NO6P2/c1-4-5-6-7-8-9-10-11-12-13-14-15(16(2)3,23(17,18)19)24(20,21)22/h4-14H2,1-3H3,(H2,17,18,19)(H2,20,21,22). The molecule has 0 saturated heterocycles. The maximum Gasteiger partial charge on any atom is 0.358 e. The Balaban J connectivity index is 4.33. The van der Waals surface area contributed by atoms with Crippen LogP contribution in [0.4, 0.5) is 0 Å². The zero-order chi connectivity index (χ0) is 18.9. The van der Waals surface area contributed by atoms with Crippen LogP contribution in [0, 0.1) is 0 Å². The highest BCUT2D eigenvalue weighted by Crippen LogP contribution is 2.71. The Bertz CT molecular complexity index is 410. The zero-order valence-electron chi connectivity index (χ0n) is 15.2. The summed E-state index contributed by atoms with van der Waals surface area (Å²) in [5.41, 5.74) is 0. The van der Waals surface area contributed by atoms with Gasteiger partial charge < -0.3 is 19.6 Å². The highest BCUT2D eigenvalue weighted by atomic mass is 31.2. The quantitative estimate of drug-likeness (QED) is 0.264. The van der Waals surface area contributed by atoms with Crippen molar-refractivity contribution in [1.29, 1.82) is 0 Å². The molecule has 24 heavy (non-hydrogen) atoms. The number of nitrogens with zero attached hydrogens (tertiary/aromatic N) is 1. The smallest absolute Gasteiger partial charge is 0.323 e. The molecular weight excluding hydrogens is 352 g/mol. The van der Waals surface area contributed by atoms with Crippen LogP contribution in [-0.2, 0) is 9.13 Å². The monoisotopic (exact) mass is 387 g/mol. The van der Waals surface area contributed by atoms with E-state index in [1.165, 1.54) is 46.2 Å². The van der Waals surface area contributed by atoms with Crippen LogP contribution in [-0.4, -0.2) is 43.6 Å². The summed E-state index contributed by atoms with van der Waals surface area (Å²) in [6, 6.07) is 0. The summed E-state index contributed by atoms with van der Waals surface area (Å²) >= 11 is 0. The van der Waals surface area contributed by atoms with Gasteiger partial charge in [0.1, 0.15) is 0 Å². The second-order valence-electron chi connectivity index (χ2n) is 6.69. The van der Waals surface area contributed by atoms with Gasteiger partial charge in [-0.3, -0.25) is 14.0 Å². The van der Waals surface area contributed by atoms with Gasteiger partial charge in [0.2, 0.25) is 5.02 Å². The zero-order valence-corrected chi connectivity index (χ0v) is 17.0. The highest BCUT2D eigenvalue weighted by Gasteiger charge is 2.61. The molecule has 0 aliphatic carbocycles. The molecule has 0 aliphatic heterocycles. The van der Waals surface area contributed by atoms with E-state index in [9.17, 15) is 28.7 Å². The van der Waals surface area contributed by atoms with Crippen molar-refractivity contribution in [2.24, 2.45) is 0 Å². The van der Waals surface area contributed by atoms with Gasteiger partial charge in [-0.1, -0.05) is 71.1 Å². The van der Waals surface area contributed by atoms with Crippen molar-refractivity contribution < 1.29 is 28.7 Å². The molecule has 146 valence electrons. The van der Waals surface area contributed by atoms with Crippen LogP contribution in [0.3, 0.4) is 0 Å². The predicted molar refractivity (Wildman–Crippen MR) is 97.0 cm³/mol. The maximum atomic E-state index is 11.8. The summed E-state index contributed by atoms with van der Waals surface area (Å²) in [6.07, 6.45) is 10.2. The fourth-order valence-electron chi connectivity index (χ4n) is 3.06. The first-order chi connectivity index (χ1) is 11.0. The van der Waals surface area contributed by atoms with Gasteiger partial charge in [-0.2, -0.15) is 0 Å². The van der Waals surface area contributed by atoms with Crippen molar-refractivity contribution in [2.45, 2.75) is 82.6 Å². The van der Waals surface area contributed by atoms with E-state index in [1.54, 1.807) is 0 Å². The van der Waals surface area contributed by atoms with E-state index >= 15 is 0 Å². The fourth-order valence-corrected chi connectivity index (χ4v) is 6.35. The van der Waals surface area contributed by atoms with Gasteiger partial charge in [-0.25, -0.2) is 0 Å². The van der Waals surface area contributed by atoms with Crippen molar-refractivity contribution in [3.63, 3.8) is 0 Å². The molecular formula is C15H35NO6P2. The summed E-state index contributed by atoms with van der Waals surface area (Å²) in [7, 11) is -7.40. The Morgan fingerprint density at radius 3 is 1.33 bits per heavy atom. The van der Waals surface area contributed by atoms with Crippen molar-refractivity contribution in [1.82, 2.24) is 4.90 Å². The molecule has 0 aliphatic rings. The minimum Gasteiger partial charge on any atom is -0.323 e. The summed E-state index contributed by atoms with van der Waals surface area (Å²) in [5.74, 6) is 0. The lowest BCUT2D eigenvalue weighted by atomic mass is 10.1. The second-order valence-corrected chi connectivity index (χ2v) is 10.7. The van der Waals surface area contributed by atoms with Gasteiger partial charge in [-0.15, -0.1) is 0 Å². The minimum absolute atomic E-state index is 0.217. The lowest BCUT2D eigenvalue weighted by Gasteiger charge is -2.39. The van der Waals surface area contributed by atoms with Crippen LogP contribution in [0.5, 0.6) is 0 Å². The summed E-state index contributed by atoms with van der Waals surface area (Å²) in [6.45, 7) is 2.18. The van der Waals surface area contributed by atoms with Gasteiger partial charge in [0.05, 0.1) is 0 Å². The van der Waals surface area contributed by atoms with Gasteiger partial charge in [-0.05, 0) is 20.5 Å². The van der Waals surface area contributed by atoms with Crippen LogP contribution in [0.15, 0.2) is 0 Å². The predicted octanol–water partition coefficient (Wildman–Crippen LogP) is 3.87. The Morgan fingerprint density at radius 2 is 1.04 bits per heavy atom. The highest BCUT2D eigenvalue weighted by molar-refractivity contribution is 7.72. The molecule has 0 fully saturated rings. The largest absolute Gasteiger partial charge is 0.358 e. The summed E-state index contributed by atoms with van der Waals surface area (Å²) in [5, 5.41) is -2.42. The van der Waals surface area contributed by atoms with E-state index < -0.39 is 20.2 Å². The first-order valence-corrected chi connectivity index (χ1v) is 12.0. The molecule has 4 N–H and O–H groups in total. The van der Waals surface area contributed by atoms with Crippen molar-refractivity contribution in [2.75, 3.05) is 14.1 Å². The second kappa shape index (κ2) is 11.1. The molecule has 0 unspecified atom stereocenters. The van der Waals surface area contributed by atoms with Crippen molar-refractivity contribution >= 4 is 15.2 Å². The SMILES string of the molecule is CCCCCCCCCCCCC(N(C)C)(P(=O)(O)O)P(=O)(O)O. The third-order valence-corrected chi connectivity index (χ3v) is 9.19. The summed E-state index contributed by atoms with van der Waals surface area (Å²) in [4.78, 5) is 39.2. The van der Waals surface area contributed by atoms with E-state index in [4.69, 9.17) is 0 Å². The molecule has 7 nitrogen and oxygen atoms in total. The van der Waals surface area contributed by atoms with E-state index in [-0.39, 0.29) is 6.42 Å². The van der Waals surface area contributed by atoms with Crippen LogP contribution in [0.2, 0.25) is 0 Å². The fraction of sp³-hybridized carbons (Fsp3) is 1.00. The Hall–Kier alpha value is 0.260. The molecule has 0 heterocycles. The third kappa shape index (κ3) is 7.25. The normalized spacial score (nSPS) is 13.7. The Labute approximate surface area is 146 Å². The molecule has 0 aromatic carbocycles. The molecule has 0 atom stereocenters. The lowest BCUT2D eigenvalue weighted by Crippen LogP contribution is -2.43. The van der Waals surface area contributed by atoms with Crippen molar-refractivity contribution in [3.05, 3.63) is 0 Å². The van der Waals surface area contributed by atoms with Crippen molar-refractivity contribution in [3.8, 4) is 0 Å². The first-order valence-electron chi connectivity index (χ1n) is 8.79. The molecule has 0 radical (unpaired) electrons. The van der Waals surface area contributed by atoms with Gasteiger partial charge in [0.25, 0.3) is 0 Å². The topological polar surface area (TPSA) is 118 Å². The van der Waals surface area contributed by atoms with Gasteiger partial charge >= 0.3 is 15.2 Å². The third-order valence-electron chi connectivity index (χ3n) is 4.51. The number of unbranched alkanes of at least 4 members (excludes halogenated alkanes) is 9. The molecule has 0 aromatic heterocycles. The Kier molecular flexibility index (Phi) is 11.2. The maximum absolute atomic E-state index is 11.8. The number of rotatable bonds is 14. The van der Waals surface area contributed by atoms with Crippen LogP contribution in [0.25, 0.3) is 0 Å². The van der Waals surface area contributed by atoms with E-state index in [0.717, 1.165) is 24.2 Å². The molecule has 9 heteroatoms. The van der Waals surface area contributed by atoms with E-state index in [2.05, 4.69) is 6.92 Å². The first kappa shape index (κ1) is 24.3. The van der Waals surface area contributed by atoms with E-state index in [0.29, 0.717) is 12.8 Å². The molecule has 0 aromatic rings. The molecule has 0 rings (SSSR count). The molecule has 0 amide bonds. The number of hydrogen-bond acceptors (Lipinski definition) is 3. The Morgan fingerprint density at radius 1 is 0.708 bits per heavy atom. The van der Waals surface area contributed by atoms with Gasteiger partial charge in [0.15, 0.2) is 0 Å². The minimum atomic E-state index is -5.00. The number of hydrogen-bond donors (Lipinski definition) is 4. The lowest BCUT2D eigenvalue weighted by molar-refractivity contribution is 0.199. The molecule has 0 spiro atoms. The van der Waals surface area contributed by atoms with Crippen LogP contribution < -0.4 is 0 Å². The van der Waals surface area contributed by atoms with Crippen LogP contribution in [0.1, 0.15) is 77.6 Å². The summed E-state index contributed by atoms with van der Waals surface area (Å²) < 4.78 is 23.6.